The summed E-state index contributed by atoms with van der Waals surface area (Å²) in [4.78, 5) is 0. The second-order valence-electron chi connectivity index (χ2n) is 21.1. The molecule has 49 heavy (non-hydrogen) atoms. The van der Waals surface area contributed by atoms with Crippen molar-refractivity contribution in [3.63, 3.8) is 0 Å². The number of hydrogen-bond acceptors (Lipinski definition) is 3. The Morgan fingerprint density at radius 2 is 1.18 bits per heavy atom. The van der Waals surface area contributed by atoms with Crippen LogP contribution in [0.4, 0.5) is 0 Å². The first-order valence-corrected chi connectivity index (χ1v) is 28.6. The number of allylic oxidation sites excluding steroid dienone is 1. The lowest BCUT2D eigenvalue weighted by Gasteiger charge is -2.44. The van der Waals surface area contributed by atoms with Crippen molar-refractivity contribution < 1.29 is 13.3 Å². The van der Waals surface area contributed by atoms with Crippen molar-refractivity contribution in [1.82, 2.24) is 0 Å². The Balaban J connectivity index is 2.89. The lowest BCUT2D eigenvalue weighted by Crippen LogP contribution is -2.45. The SMILES string of the molecule is C=C(C)[C@@H]1CC[C@@H](CO[Si](C)(C)C(C)(C)C)C[C@H]1c1c(O[Si](C)(C)C(C)(C)C)cc(C(C)(C)CCCCCC)cc1O[Si](C)(C)C(C)(C)C. The molecule has 1 aliphatic carbocycles. The highest BCUT2D eigenvalue weighted by atomic mass is 28.4. The molecule has 0 radical (unpaired) electrons. The van der Waals surface area contributed by atoms with Crippen LogP contribution in [0.5, 0.6) is 11.5 Å². The van der Waals surface area contributed by atoms with Crippen LogP contribution >= 0.6 is 0 Å². The van der Waals surface area contributed by atoms with Gasteiger partial charge in [-0.2, -0.15) is 0 Å². The summed E-state index contributed by atoms with van der Waals surface area (Å²) in [5, 5.41) is 0.362. The molecule has 1 fully saturated rings. The van der Waals surface area contributed by atoms with Crippen LogP contribution in [0, 0.1) is 11.8 Å². The maximum absolute atomic E-state index is 7.51. The Kier molecular flexibility index (Phi) is 14.5. The molecule has 0 aliphatic heterocycles. The van der Waals surface area contributed by atoms with Crippen LogP contribution in [0.25, 0.3) is 0 Å². The molecule has 1 aliphatic rings. The van der Waals surface area contributed by atoms with Gasteiger partial charge < -0.3 is 13.3 Å². The van der Waals surface area contributed by atoms with E-state index in [1.54, 1.807) is 0 Å². The van der Waals surface area contributed by atoms with Gasteiger partial charge in [-0.25, -0.2) is 0 Å². The zero-order valence-corrected chi connectivity index (χ0v) is 39.2. The molecule has 6 heteroatoms. The highest BCUT2D eigenvalue weighted by Crippen LogP contribution is 2.54. The molecule has 1 aromatic carbocycles. The molecule has 1 saturated carbocycles. The number of benzene rings is 1. The smallest absolute Gasteiger partial charge is 0.250 e. The second kappa shape index (κ2) is 16.0. The van der Waals surface area contributed by atoms with Crippen LogP contribution in [0.2, 0.25) is 54.4 Å². The molecule has 0 N–H and O–H groups in total. The highest BCUT2D eigenvalue weighted by Gasteiger charge is 2.45. The van der Waals surface area contributed by atoms with E-state index in [2.05, 4.69) is 148 Å². The fourth-order valence-electron chi connectivity index (χ4n) is 6.38. The van der Waals surface area contributed by atoms with E-state index < -0.39 is 25.0 Å². The Hall–Kier alpha value is -0.829. The number of unbranched alkanes of at least 4 members (excludes halogenated alkanes) is 3. The predicted molar refractivity (Wildman–Crippen MR) is 225 cm³/mol. The molecule has 0 saturated heterocycles. The van der Waals surface area contributed by atoms with Gasteiger partial charge in [-0.3, -0.25) is 0 Å². The summed E-state index contributed by atoms with van der Waals surface area (Å²) in [6, 6.07) is 4.92. The molecule has 0 aromatic heterocycles. The third kappa shape index (κ3) is 11.3. The molecule has 0 amide bonds. The minimum Gasteiger partial charge on any atom is -0.543 e. The van der Waals surface area contributed by atoms with Crippen molar-refractivity contribution in [2.75, 3.05) is 6.61 Å². The topological polar surface area (TPSA) is 27.7 Å². The summed E-state index contributed by atoms with van der Waals surface area (Å²) < 4.78 is 21.9. The zero-order valence-electron chi connectivity index (χ0n) is 36.2. The van der Waals surface area contributed by atoms with E-state index in [0.717, 1.165) is 37.4 Å². The summed E-state index contributed by atoms with van der Waals surface area (Å²) in [5.74, 6) is 3.34. The van der Waals surface area contributed by atoms with Crippen LogP contribution in [-0.2, 0) is 9.84 Å². The van der Waals surface area contributed by atoms with Gasteiger partial charge in [0.2, 0.25) is 16.6 Å². The molecule has 0 heterocycles. The van der Waals surface area contributed by atoms with Gasteiger partial charge in [0.15, 0.2) is 8.32 Å². The van der Waals surface area contributed by atoms with E-state index in [1.165, 1.54) is 48.8 Å². The van der Waals surface area contributed by atoms with Crippen LogP contribution in [0.15, 0.2) is 24.3 Å². The first-order chi connectivity index (χ1) is 22.0. The van der Waals surface area contributed by atoms with Gasteiger partial charge in [0.25, 0.3) is 0 Å². The van der Waals surface area contributed by atoms with Crippen LogP contribution in [0.1, 0.15) is 158 Å². The third-order valence-corrected chi connectivity index (χ3v) is 26.5. The summed E-state index contributed by atoms with van der Waals surface area (Å²) in [5.41, 5.74) is 3.97. The fourth-order valence-corrected chi connectivity index (χ4v) is 9.52. The largest absolute Gasteiger partial charge is 0.543 e. The Bertz CT molecular complexity index is 1190. The van der Waals surface area contributed by atoms with Crippen LogP contribution in [-0.4, -0.2) is 31.6 Å². The van der Waals surface area contributed by atoms with Crippen molar-refractivity contribution in [2.24, 2.45) is 11.8 Å². The summed E-state index contributed by atoms with van der Waals surface area (Å²) >= 11 is 0. The van der Waals surface area contributed by atoms with Crippen LogP contribution < -0.4 is 8.85 Å². The van der Waals surface area contributed by atoms with Crippen molar-refractivity contribution in [1.29, 1.82) is 0 Å². The Labute approximate surface area is 309 Å². The first kappa shape index (κ1) is 44.3. The van der Waals surface area contributed by atoms with Gasteiger partial charge in [0, 0.05) is 12.2 Å². The quantitative estimate of drug-likeness (QED) is 0.102. The molecular formula is C43H82O3Si3. The van der Waals surface area contributed by atoms with Gasteiger partial charge in [-0.15, -0.1) is 0 Å². The third-order valence-electron chi connectivity index (χ3n) is 13.3. The standard InChI is InChI=1S/C43H82O3Si3/c1-21-22-23-24-27-43(13,14)34-29-37(45-48(17,18)41(7,8)9)39(38(30-34)46-49(19,20)42(10,11)12)36-28-33(25-26-35(36)32(2)3)31-44-47(15,16)40(4,5)6/h29-30,33,35-36H,2,21-28,31H2,1,3-20H3/t33-,35+,36-/m1/s1. The average molecular weight is 731 g/mol. The normalized spacial score (nSPS) is 20.3. The van der Waals surface area contributed by atoms with Crippen molar-refractivity contribution in [2.45, 2.75) is 207 Å². The molecule has 3 nitrogen and oxygen atoms in total. The number of hydrogen-bond donors (Lipinski definition) is 0. The fraction of sp³-hybridized carbons (Fsp3) is 0.814. The lowest BCUT2D eigenvalue weighted by atomic mass is 9.68. The van der Waals surface area contributed by atoms with Gasteiger partial charge in [-0.1, -0.05) is 121 Å². The van der Waals surface area contributed by atoms with Crippen LogP contribution in [0.3, 0.4) is 0 Å². The van der Waals surface area contributed by atoms with Crippen molar-refractivity contribution in [3.8, 4) is 11.5 Å². The van der Waals surface area contributed by atoms with E-state index in [4.69, 9.17) is 13.3 Å². The summed E-state index contributed by atoms with van der Waals surface area (Å²) in [6.45, 7) is 50.5. The molecule has 0 spiro atoms. The zero-order chi connectivity index (χ0) is 38.0. The van der Waals surface area contributed by atoms with Crippen molar-refractivity contribution >= 4 is 25.0 Å². The summed E-state index contributed by atoms with van der Waals surface area (Å²) in [6.07, 6.45) is 9.66. The van der Waals surface area contributed by atoms with E-state index in [9.17, 15) is 0 Å². The summed E-state index contributed by atoms with van der Waals surface area (Å²) in [7, 11) is -6.24. The molecule has 3 atom stereocenters. The van der Waals surface area contributed by atoms with Gasteiger partial charge in [0.1, 0.15) is 11.5 Å². The molecular weight excluding hydrogens is 649 g/mol. The minimum absolute atomic E-state index is 0.0171. The molecule has 0 unspecified atom stereocenters. The monoisotopic (exact) mass is 731 g/mol. The van der Waals surface area contributed by atoms with E-state index in [1.807, 2.05) is 0 Å². The van der Waals surface area contributed by atoms with Gasteiger partial charge in [0.05, 0.1) is 0 Å². The predicted octanol–water partition coefficient (Wildman–Crippen LogP) is 14.8. The molecule has 284 valence electrons. The Morgan fingerprint density at radius 1 is 0.714 bits per heavy atom. The number of rotatable bonds is 15. The minimum atomic E-state index is -2.19. The van der Waals surface area contributed by atoms with Gasteiger partial charge >= 0.3 is 0 Å². The average Bonchev–Trinajstić information content (AvgIpc) is 2.91. The van der Waals surface area contributed by atoms with Crippen molar-refractivity contribution in [3.05, 3.63) is 35.4 Å². The molecule has 2 rings (SSSR count). The maximum atomic E-state index is 7.51. The van der Waals surface area contributed by atoms with E-state index >= 15 is 0 Å². The molecule has 0 bridgehead atoms. The molecule has 1 aromatic rings. The first-order valence-electron chi connectivity index (χ1n) is 19.8. The Morgan fingerprint density at radius 3 is 1.59 bits per heavy atom. The second-order valence-corrected chi connectivity index (χ2v) is 35.4. The lowest BCUT2D eigenvalue weighted by molar-refractivity contribution is 0.163. The highest BCUT2D eigenvalue weighted by molar-refractivity contribution is 6.75. The van der Waals surface area contributed by atoms with E-state index in [0.29, 0.717) is 11.8 Å². The van der Waals surface area contributed by atoms with E-state index in [-0.39, 0.29) is 26.4 Å². The van der Waals surface area contributed by atoms with Gasteiger partial charge in [-0.05, 0) is 128 Å². The maximum Gasteiger partial charge on any atom is 0.250 e.